The van der Waals surface area contributed by atoms with Gasteiger partial charge < -0.3 is 15.5 Å². The van der Waals surface area contributed by atoms with Crippen LogP contribution < -0.4 is 5.73 Å². The molecule has 0 fully saturated rings. The van der Waals surface area contributed by atoms with Crippen LogP contribution in [0.4, 0.5) is 0 Å². The van der Waals surface area contributed by atoms with Gasteiger partial charge in [-0.3, -0.25) is 4.57 Å². The Balaban J connectivity index is -0.000000180. The first-order chi connectivity index (χ1) is 3.06. The maximum atomic E-state index is 9.85. The molecule has 9 heavy (non-hydrogen) atoms. The van der Waals surface area contributed by atoms with Crippen molar-refractivity contribution in [3.05, 3.63) is 0 Å². The van der Waals surface area contributed by atoms with Crippen molar-refractivity contribution in [3.8, 4) is 0 Å². The van der Waals surface area contributed by atoms with Crippen LogP contribution in [0.25, 0.3) is 0 Å². The average Bonchev–Trinajstić information content (AvgIpc) is 1.30. The summed E-state index contributed by atoms with van der Waals surface area (Å²) < 4.78 is 9.85. The first-order valence-electron chi connectivity index (χ1n) is 1.81. The van der Waals surface area contributed by atoms with Gasteiger partial charge in [0, 0.05) is 6.54 Å². The van der Waals surface area contributed by atoms with Crippen LogP contribution >= 0.6 is 7.60 Å². The van der Waals surface area contributed by atoms with Crippen LogP contribution in [0.5, 0.6) is 0 Å². The Bertz CT molecular complexity index is 93.8. The van der Waals surface area contributed by atoms with E-state index in [2.05, 4.69) is 0 Å². The third kappa shape index (κ3) is 17.8. The van der Waals surface area contributed by atoms with Gasteiger partial charge in [0.2, 0.25) is 0 Å². The van der Waals surface area contributed by atoms with Gasteiger partial charge in [0.15, 0.2) is 0 Å². The van der Waals surface area contributed by atoms with Crippen molar-refractivity contribution in [2.45, 2.75) is 0 Å². The predicted octanol–water partition coefficient (Wildman–Crippen LogP) is -2.17. The molecule has 0 aromatic rings. The van der Waals surface area contributed by atoms with Crippen LogP contribution in [-0.2, 0) is 4.57 Å². The van der Waals surface area contributed by atoms with E-state index in [1.807, 2.05) is 0 Å². The van der Waals surface area contributed by atoms with E-state index in [4.69, 9.17) is 15.5 Å². The van der Waals surface area contributed by atoms with Crippen LogP contribution in [0.1, 0.15) is 0 Å². The minimum atomic E-state index is -3.79. The van der Waals surface area contributed by atoms with E-state index in [0.29, 0.717) is 0 Å². The maximum absolute atomic E-state index is 9.85. The molecule has 0 amide bonds. The first kappa shape index (κ1) is 17.3. The molecule has 0 spiro atoms. The molecule has 0 aliphatic heterocycles. The van der Waals surface area contributed by atoms with Gasteiger partial charge in [0.25, 0.3) is 0 Å². The molecule has 0 radical (unpaired) electrons. The van der Waals surface area contributed by atoms with E-state index < -0.39 is 7.60 Å². The Kier molecular flexibility index (Phi) is 15.7. The molecule has 0 bridgehead atoms. The van der Waals surface area contributed by atoms with E-state index in [0.717, 1.165) is 0 Å². The molecule has 0 saturated heterocycles. The quantitative estimate of drug-likeness (QED) is 0.327. The topological polar surface area (TPSA) is 83.6 Å². The summed E-state index contributed by atoms with van der Waals surface area (Å²) in [5, 5.41) is 0. The van der Waals surface area contributed by atoms with Gasteiger partial charge in [-0.05, 0) is 0 Å². The fraction of sp³-hybridized carbons (Fsp3) is 1.00. The Morgan fingerprint density at radius 2 is 1.67 bits per heavy atom. The Hall–Kier alpha value is 2.11. The second kappa shape index (κ2) is 8.21. The standard InChI is InChI=1S/C2H8NO3P.2Na.2H/c3-1-2-7(4,5)6;;;;/h1-3H2,(H2,4,5,6);;;;. The van der Waals surface area contributed by atoms with Crippen molar-refractivity contribution >= 4 is 66.7 Å². The number of nitrogens with two attached hydrogens (primary N) is 1. The second-order valence-corrected chi connectivity index (χ2v) is 2.95. The molecule has 0 heterocycles. The monoisotopic (exact) mass is 173 g/mol. The molecule has 0 aromatic carbocycles. The van der Waals surface area contributed by atoms with Gasteiger partial charge in [-0.25, -0.2) is 0 Å². The summed E-state index contributed by atoms with van der Waals surface area (Å²) in [6.07, 6.45) is -0.215. The average molecular weight is 173 g/mol. The van der Waals surface area contributed by atoms with Crippen molar-refractivity contribution in [3.63, 3.8) is 0 Å². The molecular weight excluding hydrogens is 163 g/mol. The summed E-state index contributed by atoms with van der Waals surface area (Å²) >= 11 is 0. The van der Waals surface area contributed by atoms with Crippen LogP contribution in [0.2, 0.25) is 0 Å². The third-order valence-electron chi connectivity index (χ3n) is 0.420. The molecule has 0 unspecified atom stereocenters. The van der Waals surface area contributed by atoms with Gasteiger partial charge in [0.1, 0.15) is 0 Å². The zero-order valence-electron chi connectivity index (χ0n) is 3.74. The predicted molar refractivity (Wildman–Crippen MR) is 40.3 cm³/mol. The molecule has 0 aliphatic rings. The molecule has 7 heteroatoms. The molecule has 48 valence electrons. The molecule has 4 N–H and O–H groups in total. The number of rotatable bonds is 2. The number of hydrogen-bond donors (Lipinski definition) is 3. The summed E-state index contributed by atoms with van der Waals surface area (Å²) in [7, 11) is -3.79. The fourth-order valence-corrected chi connectivity index (χ4v) is 0.505. The zero-order valence-corrected chi connectivity index (χ0v) is 4.64. The summed E-state index contributed by atoms with van der Waals surface area (Å²) in [5.41, 5.74) is 4.82. The van der Waals surface area contributed by atoms with Crippen LogP contribution in [0.15, 0.2) is 0 Å². The van der Waals surface area contributed by atoms with Crippen LogP contribution in [0.3, 0.4) is 0 Å². The normalized spacial score (nSPS) is 9.22. The first-order valence-corrected chi connectivity index (χ1v) is 3.60. The molecule has 0 saturated carbocycles. The molecular formula is C2H10NNa2O3P. The van der Waals surface area contributed by atoms with Gasteiger partial charge in [-0.2, -0.15) is 0 Å². The van der Waals surface area contributed by atoms with E-state index in [1.165, 1.54) is 0 Å². The van der Waals surface area contributed by atoms with E-state index >= 15 is 0 Å². The summed E-state index contributed by atoms with van der Waals surface area (Å²) in [6, 6.07) is 0. The summed E-state index contributed by atoms with van der Waals surface area (Å²) in [6.45, 7) is 0.0459. The SMILES string of the molecule is NCCP(=O)(O)O.[NaH].[NaH]. The van der Waals surface area contributed by atoms with Gasteiger partial charge in [-0.1, -0.05) is 0 Å². The van der Waals surface area contributed by atoms with Gasteiger partial charge in [-0.15, -0.1) is 0 Å². The van der Waals surface area contributed by atoms with E-state index in [9.17, 15) is 4.57 Å². The van der Waals surface area contributed by atoms with Crippen molar-refractivity contribution in [1.29, 1.82) is 0 Å². The molecule has 0 aliphatic carbocycles. The van der Waals surface area contributed by atoms with Crippen LogP contribution in [-0.4, -0.2) is 81.6 Å². The fourth-order valence-electron chi connectivity index (χ4n) is 0.168. The zero-order chi connectivity index (χ0) is 5.91. The molecule has 0 rings (SSSR count). The van der Waals surface area contributed by atoms with Crippen molar-refractivity contribution in [2.24, 2.45) is 5.73 Å². The molecule has 0 aromatic heterocycles. The van der Waals surface area contributed by atoms with E-state index in [1.54, 1.807) is 0 Å². The van der Waals surface area contributed by atoms with Gasteiger partial charge >= 0.3 is 66.7 Å². The Labute approximate surface area is 98.3 Å². The third-order valence-corrected chi connectivity index (χ3v) is 1.26. The van der Waals surface area contributed by atoms with Crippen LogP contribution in [0, 0.1) is 0 Å². The number of hydrogen-bond acceptors (Lipinski definition) is 2. The van der Waals surface area contributed by atoms with Gasteiger partial charge in [0.05, 0.1) is 6.16 Å². The summed E-state index contributed by atoms with van der Waals surface area (Å²) in [5.74, 6) is 0. The van der Waals surface area contributed by atoms with Crippen molar-refractivity contribution in [1.82, 2.24) is 0 Å². The van der Waals surface area contributed by atoms with E-state index in [-0.39, 0.29) is 71.8 Å². The second-order valence-electron chi connectivity index (χ2n) is 1.18. The Morgan fingerprint density at radius 1 is 1.33 bits per heavy atom. The Morgan fingerprint density at radius 3 is 1.67 bits per heavy atom. The van der Waals surface area contributed by atoms with Crippen molar-refractivity contribution < 1.29 is 14.4 Å². The summed E-state index contributed by atoms with van der Waals surface area (Å²) in [4.78, 5) is 16.1. The molecule has 0 atom stereocenters. The minimum absolute atomic E-state index is 0. The molecule has 4 nitrogen and oxygen atoms in total. The van der Waals surface area contributed by atoms with Crippen molar-refractivity contribution in [2.75, 3.05) is 12.7 Å².